The first kappa shape index (κ1) is 21.7. The molecule has 2 fully saturated rings. The predicted octanol–water partition coefficient (Wildman–Crippen LogP) is 7.14. The maximum Gasteiger partial charge on any atom is 0.0594 e. The van der Waals surface area contributed by atoms with Crippen LogP contribution in [0.4, 0.5) is 0 Å². The molecule has 0 saturated heterocycles. The van der Waals surface area contributed by atoms with Crippen molar-refractivity contribution < 1.29 is 5.11 Å². The second-order valence-corrected chi connectivity index (χ2v) is 9.41. The van der Waals surface area contributed by atoms with Crippen LogP contribution in [-0.4, -0.2) is 10.7 Å². The minimum Gasteiger partial charge on any atom is -0.390 e. The molecule has 2 aliphatic carbocycles. The topological polar surface area (TPSA) is 20.2 Å². The lowest BCUT2D eigenvalue weighted by Gasteiger charge is -2.44. The number of hydrogen-bond acceptors (Lipinski definition) is 1. The van der Waals surface area contributed by atoms with E-state index in [4.69, 9.17) is 0 Å². The van der Waals surface area contributed by atoms with Gasteiger partial charge in [0.2, 0.25) is 0 Å². The van der Waals surface area contributed by atoms with E-state index in [0.717, 1.165) is 30.6 Å². The molecular weight excluding hydrogens is 292 g/mol. The van der Waals surface area contributed by atoms with Gasteiger partial charge in [-0.1, -0.05) is 65.0 Å². The second-order valence-electron chi connectivity index (χ2n) is 9.41. The van der Waals surface area contributed by atoms with E-state index >= 15 is 0 Å². The largest absolute Gasteiger partial charge is 0.390 e. The van der Waals surface area contributed by atoms with Crippen molar-refractivity contribution in [3.05, 3.63) is 11.6 Å². The average Bonchev–Trinajstić information content (AvgIpc) is 2.84. The fraction of sp³-hybridized carbons (Fsp3) is 0.913. The highest BCUT2D eigenvalue weighted by molar-refractivity contribution is 5.14. The molecule has 1 N–H and O–H groups in total. The third kappa shape index (κ3) is 5.90. The maximum absolute atomic E-state index is 9.84. The molecule has 2 saturated carbocycles. The first-order valence-electron chi connectivity index (χ1n) is 10.5. The van der Waals surface area contributed by atoms with Crippen LogP contribution in [0.2, 0.25) is 0 Å². The summed E-state index contributed by atoms with van der Waals surface area (Å²) >= 11 is 0. The molecule has 0 heterocycles. The molecule has 4 unspecified atom stereocenters. The summed E-state index contributed by atoms with van der Waals surface area (Å²) in [5, 5.41) is 9.84. The summed E-state index contributed by atoms with van der Waals surface area (Å²) in [5.74, 6) is 2.65. The van der Waals surface area contributed by atoms with Crippen molar-refractivity contribution in [1.29, 1.82) is 0 Å². The average molecular weight is 337 g/mol. The first-order valence-corrected chi connectivity index (χ1v) is 10.5. The van der Waals surface area contributed by atoms with E-state index < -0.39 is 5.60 Å². The number of hydrogen-bond donors (Lipinski definition) is 1. The molecule has 2 rings (SSSR count). The summed E-state index contributed by atoms with van der Waals surface area (Å²) in [4.78, 5) is 0. The molecule has 142 valence electrons. The van der Waals surface area contributed by atoms with Crippen molar-refractivity contribution in [2.24, 2.45) is 23.2 Å². The third-order valence-electron chi connectivity index (χ3n) is 6.74. The van der Waals surface area contributed by atoms with Gasteiger partial charge in [-0.05, 0) is 76.0 Å². The quantitative estimate of drug-likeness (QED) is 0.529. The van der Waals surface area contributed by atoms with Gasteiger partial charge in [-0.15, -0.1) is 0 Å². The van der Waals surface area contributed by atoms with Crippen molar-refractivity contribution in [3.8, 4) is 0 Å². The normalized spacial score (nSPS) is 33.7. The van der Waals surface area contributed by atoms with Gasteiger partial charge in [-0.2, -0.15) is 0 Å². The van der Waals surface area contributed by atoms with Crippen LogP contribution in [0.1, 0.15) is 106 Å². The molecule has 4 atom stereocenters. The minimum absolute atomic E-state index is 0.530. The Morgan fingerprint density at radius 2 is 1.79 bits per heavy atom. The van der Waals surface area contributed by atoms with Crippen LogP contribution in [0.3, 0.4) is 0 Å². The zero-order valence-electron chi connectivity index (χ0n) is 17.6. The molecule has 0 aliphatic heterocycles. The van der Waals surface area contributed by atoms with Gasteiger partial charge < -0.3 is 5.11 Å². The second kappa shape index (κ2) is 9.41. The van der Waals surface area contributed by atoms with Crippen LogP contribution >= 0.6 is 0 Å². The highest BCUT2D eigenvalue weighted by Crippen LogP contribution is 2.59. The van der Waals surface area contributed by atoms with Crippen molar-refractivity contribution in [2.75, 3.05) is 0 Å². The van der Waals surface area contributed by atoms with E-state index in [-0.39, 0.29) is 0 Å². The molecule has 0 aromatic rings. The molecule has 1 heteroatoms. The Labute approximate surface area is 152 Å². The Morgan fingerprint density at radius 3 is 2.33 bits per heavy atom. The summed E-state index contributed by atoms with van der Waals surface area (Å²) in [6.45, 7) is 15.5. The van der Waals surface area contributed by atoms with E-state index in [1.54, 1.807) is 5.57 Å². The monoisotopic (exact) mass is 336 g/mol. The number of aliphatic hydroxyl groups is 1. The third-order valence-corrected chi connectivity index (χ3v) is 6.74. The standard InChI is InChI=1S/C19H34O.C4H10/c1-14(8-6-12-18(3,4)20)16-10-11-17-15(2)9-7-13-19(16,17)5;1-3-4-2/h8,15-17,20H,6-7,9-13H2,1-5H3;3-4H2,1-2H3/b14-8+;. The predicted molar refractivity (Wildman–Crippen MR) is 107 cm³/mol. The fourth-order valence-electron chi connectivity index (χ4n) is 5.11. The van der Waals surface area contributed by atoms with Gasteiger partial charge in [0.15, 0.2) is 0 Å². The van der Waals surface area contributed by atoms with Crippen molar-refractivity contribution >= 4 is 0 Å². The van der Waals surface area contributed by atoms with Gasteiger partial charge in [0.05, 0.1) is 5.60 Å². The number of fused-ring (bicyclic) bond motifs is 1. The zero-order chi connectivity index (χ0) is 18.4. The Balaban J connectivity index is 0.000000648. The van der Waals surface area contributed by atoms with Crippen molar-refractivity contribution in [2.45, 2.75) is 112 Å². The molecular formula is C23H44O. The molecule has 0 bridgehead atoms. The lowest BCUT2D eigenvalue weighted by atomic mass is 9.60. The first-order chi connectivity index (χ1) is 11.2. The van der Waals surface area contributed by atoms with Crippen LogP contribution in [0.25, 0.3) is 0 Å². The summed E-state index contributed by atoms with van der Waals surface area (Å²) in [5.41, 5.74) is 1.61. The van der Waals surface area contributed by atoms with Gasteiger partial charge in [-0.25, -0.2) is 0 Å². The van der Waals surface area contributed by atoms with Crippen LogP contribution in [0, 0.1) is 23.2 Å². The highest BCUT2D eigenvalue weighted by atomic mass is 16.3. The van der Waals surface area contributed by atoms with E-state index in [0.29, 0.717) is 5.41 Å². The smallest absolute Gasteiger partial charge is 0.0594 e. The van der Waals surface area contributed by atoms with Crippen LogP contribution < -0.4 is 0 Å². The van der Waals surface area contributed by atoms with Gasteiger partial charge in [0.1, 0.15) is 0 Å². The molecule has 1 nitrogen and oxygen atoms in total. The molecule has 2 aliphatic rings. The Hall–Kier alpha value is -0.300. The van der Waals surface area contributed by atoms with Gasteiger partial charge in [0, 0.05) is 0 Å². The molecule has 0 spiro atoms. The molecule has 24 heavy (non-hydrogen) atoms. The van der Waals surface area contributed by atoms with Crippen molar-refractivity contribution in [1.82, 2.24) is 0 Å². The van der Waals surface area contributed by atoms with E-state index in [1.807, 2.05) is 13.8 Å². The molecule has 0 amide bonds. The molecule has 0 aromatic heterocycles. The highest BCUT2D eigenvalue weighted by Gasteiger charge is 2.50. The zero-order valence-corrected chi connectivity index (χ0v) is 17.6. The number of unbranched alkanes of at least 4 members (excludes halogenated alkanes) is 1. The van der Waals surface area contributed by atoms with E-state index in [2.05, 4.69) is 40.7 Å². The Kier molecular flexibility index (Phi) is 8.53. The number of rotatable bonds is 5. The summed E-state index contributed by atoms with van der Waals surface area (Å²) in [6, 6.07) is 0. The van der Waals surface area contributed by atoms with Gasteiger partial charge in [-0.3, -0.25) is 0 Å². The van der Waals surface area contributed by atoms with E-state index in [9.17, 15) is 5.11 Å². The fourth-order valence-corrected chi connectivity index (χ4v) is 5.11. The Morgan fingerprint density at radius 1 is 1.17 bits per heavy atom. The Bertz CT molecular complexity index is 387. The SMILES string of the molecule is C/C(=C\CCC(C)(C)O)C1CCC2C(C)CCCC12C.CCCC. The summed E-state index contributed by atoms with van der Waals surface area (Å²) < 4.78 is 0. The van der Waals surface area contributed by atoms with Crippen LogP contribution in [-0.2, 0) is 0 Å². The van der Waals surface area contributed by atoms with Crippen molar-refractivity contribution in [3.63, 3.8) is 0 Å². The molecule has 0 radical (unpaired) electrons. The van der Waals surface area contributed by atoms with Crippen LogP contribution in [0.5, 0.6) is 0 Å². The maximum atomic E-state index is 9.84. The number of allylic oxidation sites excluding steroid dienone is 2. The molecule has 0 aromatic carbocycles. The van der Waals surface area contributed by atoms with Gasteiger partial charge >= 0.3 is 0 Å². The minimum atomic E-state index is -0.530. The summed E-state index contributed by atoms with van der Waals surface area (Å²) in [7, 11) is 0. The van der Waals surface area contributed by atoms with Crippen LogP contribution in [0.15, 0.2) is 11.6 Å². The van der Waals surface area contributed by atoms with Gasteiger partial charge in [0.25, 0.3) is 0 Å². The summed E-state index contributed by atoms with van der Waals surface area (Å²) in [6.07, 6.45) is 14.0. The lowest BCUT2D eigenvalue weighted by Crippen LogP contribution is -2.36. The lowest BCUT2D eigenvalue weighted by molar-refractivity contribution is 0.0692. The van der Waals surface area contributed by atoms with E-state index in [1.165, 1.54) is 44.9 Å².